The van der Waals surface area contributed by atoms with E-state index in [1.165, 1.54) is 0 Å². The normalized spacial score (nSPS) is 15.2. The zero-order chi connectivity index (χ0) is 28.0. The molecule has 0 N–H and O–H groups in total. The molecule has 32 heavy (non-hydrogen) atoms. The zero-order valence-corrected chi connectivity index (χ0v) is 16.8. The second kappa shape index (κ2) is 6.60. The maximum Gasteiger partial charge on any atom is 0.0645 e. The van der Waals surface area contributed by atoms with Crippen LogP contribution in [0.3, 0.4) is 0 Å². The first-order chi connectivity index (χ1) is 19.2. The lowest BCUT2D eigenvalue weighted by molar-refractivity contribution is 1.17. The zero-order valence-electron chi connectivity index (χ0n) is 24.8. The lowest BCUT2D eigenvalue weighted by Gasteiger charge is -2.10. The Morgan fingerprint density at radius 1 is 0.438 bits per heavy atom. The van der Waals surface area contributed by atoms with Gasteiger partial charge < -0.3 is 9.13 Å². The van der Waals surface area contributed by atoms with Crippen molar-refractivity contribution in [3.8, 4) is 11.4 Å². The fourth-order valence-electron chi connectivity index (χ4n) is 4.63. The maximum atomic E-state index is 8.78. The third-order valence-corrected chi connectivity index (χ3v) is 5.96. The van der Waals surface area contributed by atoms with Crippen molar-refractivity contribution in [2.24, 2.45) is 0 Å². The van der Waals surface area contributed by atoms with Gasteiger partial charge in [0.05, 0.1) is 33.0 Å². The smallest absolute Gasteiger partial charge is 0.0645 e. The van der Waals surface area contributed by atoms with Gasteiger partial charge in [0.2, 0.25) is 0 Å². The van der Waals surface area contributed by atoms with Gasteiger partial charge in [0.25, 0.3) is 0 Å². The van der Waals surface area contributed by atoms with Crippen LogP contribution in [0.4, 0.5) is 0 Å². The molecule has 0 spiro atoms. The maximum absolute atomic E-state index is 8.78. The van der Waals surface area contributed by atoms with Gasteiger partial charge in [0.15, 0.2) is 0 Å². The van der Waals surface area contributed by atoms with E-state index in [0.29, 0.717) is 5.69 Å². The molecule has 5 aromatic carbocycles. The summed E-state index contributed by atoms with van der Waals surface area (Å²) < 4.78 is 71.8. The fourth-order valence-corrected chi connectivity index (χ4v) is 4.63. The molecule has 0 aliphatic rings. The van der Waals surface area contributed by atoms with E-state index in [0.717, 1.165) is 27.5 Å². The van der Waals surface area contributed by atoms with Crippen LogP contribution in [0.1, 0.15) is 11.0 Å². The molecular formula is C30H20N2. The first kappa shape index (κ1) is 11.4. The summed E-state index contributed by atoms with van der Waals surface area (Å²) in [6.07, 6.45) is 0. The molecule has 2 nitrogen and oxygen atoms in total. The summed E-state index contributed by atoms with van der Waals surface area (Å²) in [5, 5.41) is 2.01. The van der Waals surface area contributed by atoms with E-state index in [9.17, 15) is 0 Å². The molecule has 0 atom stereocenters. The SMILES string of the molecule is [2H]c1c([2H])c([2H])c2c(c1[2H])c1c([2H])c([2H])c([2H])c([2H])c1n2-c1ccc2c(c1)c1ccccc1n2-c1ccccc1. The Hall–Kier alpha value is -4.30. The van der Waals surface area contributed by atoms with E-state index in [4.69, 9.17) is 11.0 Å². The molecule has 0 amide bonds. The molecule has 2 heterocycles. The number of nitrogens with zero attached hydrogens (tertiary/aromatic N) is 2. The van der Waals surface area contributed by atoms with Crippen LogP contribution < -0.4 is 0 Å². The third-order valence-electron chi connectivity index (χ3n) is 5.96. The monoisotopic (exact) mass is 416 g/mol. The van der Waals surface area contributed by atoms with Crippen LogP contribution in [0.5, 0.6) is 0 Å². The highest BCUT2D eigenvalue weighted by atomic mass is 15.0. The number of benzene rings is 5. The van der Waals surface area contributed by atoms with Crippen molar-refractivity contribution >= 4 is 43.6 Å². The Labute approximate surface area is 196 Å². The van der Waals surface area contributed by atoms with E-state index < -0.39 is 24.2 Å². The van der Waals surface area contributed by atoms with Crippen molar-refractivity contribution in [3.05, 3.63) is 121 Å². The number of rotatable bonds is 2. The van der Waals surface area contributed by atoms with Crippen molar-refractivity contribution in [2.45, 2.75) is 0 Å². The van der Waals surface area contributed by atoms with Gasteiger partial charge in [-0.3, -0.25) is 0 Å². The minimum atomic E-state index is -0.453. The van der Waals surface area contributed by atoms with Crippen LogP contribution in [0.25, 0.3) is 55.0 Å². The summed E-state index contributed by atoms with van der Waals surface area (Å²) in [6, 6.07) is 20.6. The Kier molecular flexibility index (Phi) is 2.34. The molecular weight excluding hydrogens is 388 g/mol. The molecule has 0 unspecified atom stereocenters. The molecule has 0 aliphatic carbocycles. The molecule has 7 rings (SSSR count). The average molecular weight is 417 g/mol. The van der Waals surface area contributed by atoms with Gasteiger partial charge in [-0.2, -0.15) is 0 Å². The molecule has 0 bridgehead atoms. The molecule has 2 heteroatoms. The van der Waals surface area contributed by atoms with Gasteiger partial charge in [0, 0.05) is 32.9 Å². The third kappa shape index (κ3) is 2.35. The molecule has 0 aliphatic heterocycles. The van der Waals surface area contributed by atoms with Gasteiger partial charge in [-0.1, -0.05) is 72.7 Å². The summed E-state index contributed by atoms with van der Waals surface area (Å²) in [5.74, 6) is 0. The molecule has 0 fully saturated rings. The van der Waals surface area contributed by atoms with Gasteiger partial charge >= 0.3 is 0 Å². The number of fused-ring (bicyclic) bond motifs is 6. The minimum absolute atomic E-state index is 0.0693. The second-order valence-electron chi connectivity index (χ2n) is 7.67. The van der Waals surface area contributed by atoms with Crippen LogP contribution >= 0.6 is 0 Å². The first-order valence-corrected chi connectivity index (χ1v) is 10.3. The van der Waals surface area contributed by atoms with Crippen molar-refractivity contribution in [3.63, 3.8) is 0 Å². The van der Waals surface area contributed by atoms with Crippen LogP contribution in [0.2, 0.25) is 0 Å². The Morgan fingerprint density at radius 2 is 1.03 bits per heavy atom. The first-order valence-electron chi connectivity index (χ1n) is 14.3. The second-order valence-corrected chi connectivity index (χ2v) is 7.67. The van der Waals surface area contributed by atoms with Gasteiger partial charge in [-0.15, -0.1) is 0 Å². The largest absolute Gasteiger partial charge is 0.309 e. The average Bonchev–Trinajstić information content (AvgIpc) is 3.51. The van der Waals surface area contributed by atoms with Crippen LogP contribution in [-0.2, 0) is 0 Å². The van der Waals surface area contributed by atoms with E-state index in [2.05, 4.69) is 4.57 Å². The number of hydrogen-bond donors (Lipinski definition) is 0. The lowest BCUT2D eigenvalue weighted by atomic mass is 10.1. The lowest BCUT2D eigenvalue weighted by Crippen LogP contribution is -1.95. The highest BCUT2D eigenvalue weighted by Crippen LogP contribution is 2.36. The van der Waals surface area contributed by atoms with Gasteiger partial charge in [0.1, 0.15) is 0 Å². The summed E-state index contributed by atoms with van der Waals surface area (Å²) in [4.78, 5) is 0. The number of hydrogen-bond acceptors (Lipinski definition) is 0. The molecule has 150 valence electrons. The number of para-hydroxylation sites is 4. The Balaban J connectivity index is 1.68. The van der Waals surface area contributed by atoms with Crippen LogP contribution in [0.15, 0.2) is 121 Å². The Morgan fingerprint density at radius 3 is 1.78 bits per heavy atom. The summed E-state index contributed by atoms with van der Waals surface area (Å²) in [7, 11) is 0. The van der Waals surface area contributed by atoms with Crippen LogP contribution in [-0.4, -0.2) is 9.13 Å². The molecule has 0 saturated heterocycles. The van der Waals surface area contributed by atoms with Crippen molar-refractivity contribution in [1.82, 2.24) is 9.13 Å². The van der Waals surface area contributed by atoms with E-state index in [1.54, 1.807) is 4.57 Å². The fraction of sp³-hybridized carbons (Fsp3) is 0. The highest BCUT2D eigenvalue weighted by molar-refractivity contribution is 6.12. The van der Waals surface area contributed by atoms with Crippen molar-refractivity contribution in [1.29, 1.82) is 0 Å². The van der Waals surface area contributed by atoms with Crippen LogP contribution in [0, 0.1) is 0 Å². The van der Waals surface area contributed by atoms with Gasteiger partial charge in [-0.25, -0.2) is 0 Å². The molecule has 2 aromatic heterocycles. The predicted octanol–water partition coefficient (Wildman–Crippen LogP) is 7.88. The summed E-state index contributed by atoms with van der Waals surface area (Å²) in [6.45, 7) is 0. The Bertz CT molecular complexity index is 2120. The number of aromatic nitrogens is 2. The van der Waals surface area contributed by atoms with E-state index >= 15 is 0 Å². The molecule has 7 aromatic rings. The topological polar surface area (TPSA) is 9.86 Å². The van der Waals surface area contributed by atoms with E-state index in [-0.39, 0.29) is 46.0 Å². The summed E-state index contributed by atoms with van der Waals surface area (Å²) in [5.41, 5.74) is 3.66. The standard InChI is InChI=1S/C30H20N2/c1-2-10-21(11-3-1)31-29-17-9-6-14-25(29)26-20-22(18-19-30(26)31)32-27-15-7-4-12-23(27)24-13-5-8-16-28(24)32/h1-20H/i4D,5D,7D,8D,12D,13D,15D,16D. The van der Waals surface area contributed by atoms with Crippen molar-refractivity contribution in [2.75, 3.05) is 0 Å². The predicted molar refractivity (Wildman–Crippen MR) is 135 cm³/mol. The van der Waals surface area contributed by atoms with E-state index in [1.807, 2.05) is 72.8 Å². The highest BCUT2D eigenvalue weighted by Gasteiger charge is 2.15. The summed E-state index contributed by atoms with van der Waals surface area (Å²) >= 11 is 0. The minimum Gasteiger partial charge on any atom is -0.309 e. The molecule has 0 radical (unpaired) electrons. The van der Waals surface area contributed by atoms with Gasteiger partial charge in [-0.05, 0) is 48.5 Å². The quantitative estimate of drug-likeness (QED) is 0.271. The van der Waals surface area contributed by atoms with Crippen molar-refractivity contribution < 1.29 is 11.0 Å². The molecule has 0 saturated carbocycles.